The van der Waals surface area contributed by atoms with Gasteiger partial charge in [-0.3, -0.25) is 4.79 Å². The standard InChI is InChI=1S/C12H14ClNO/c1-9-7-14(8-11(9)13)12(15)10-5-3-2-4-6-10/h2-6,9,11H,7-8H2,1H3. The molecule has 3 heteroatoms. The number of rotatable bonds is 1. The van der Waals surface area contributed by atoms with Gasteiger partial charge in [-0.1, -0.05) is 25.1 Å². The Kier molecular flexibility index (Phi) is 2.96. The highest BCUT2D eigenvalue weighted by molar-refractivity contribution is 6.21. The van der Waals surface area contributed by atoms with E-state index in [4.69, 9.17) is 11.6 Å². The lowest BCUT2D eigenvalue weighted by Crippen LogP contribution is -2.28. The summed E-state index contributed by atoms with van der Waals surface area (Å²) in [7, 11) is 0. The number of alkyl halides is 1. The van der Waals surface area contributed by atoms with E-state index >= 15 is 0 Å². The summed E-state index contributed by atoms with van der Waals surface area (Å²) >= 11 is 6.10. The van der Waals surface area contributed by atoms with E-state index in [0.29, 0.717) is 12.5 Å². The molecule has 1 aromatic carbocycles. The summed E-state index contributed by atoms with van der Waals surface area (Å²) in [4.78, 5) is 13.8. The SMILES string of the molecule is CC1CN(C(=O)c2ccccc2)CC1Cl. The molecule has 2 rings (SSSR count). The Morgan fingerprint density at radius 1 is 1.33 bits per heavy atom. The van der Waals surface area contributed by atoms with Crippen molar-refractivity contribution < 1.29 is 4.79 Å². The van der Waals surface area contributed by atoms with Crippen LogP contribution in [0.25, 0.3) is 0 Å². The van der Waals surface area contributed by atoms with E-state index in [1.54, 1.807) is 0 Å². The number of hydrogen-bond acceptors (Lipinski definition) is 1. The summed E-state index contributed by atoms with van der Waals surface area (Å²) in [6, 6.07) is 9.35. The molecule has 0 N–H and O–H groups in total. The van der Waals surface area contributed by atoms with Crippen LogP contribution in [-0.4, -0.2) is 29.3 Å². The molecule has 80 valence electrons. The molecule has 0 aliphatic carbocycles. The van der Waals surface area contributed by atoms with Crippen LogP contribution in [0.2, 0.25) is 0 Å². The minimum Gasteiger partial charge on any atom is -0.337 e. The molecule has 1 aliphatic rings. The zero-order chi connectivity index (χ0) is 10.8. The van der Waals surface area contributed by atoms with Crippen LogP contribution in [0.4, 0.5) is 0 Å². The molecular formula is C12H14ClNO. The second-order valence-corrected chi connectivity index (χ2v) is 4.63. The summed E-state index contributed by atoms with van der Waals surface area (Å²) < 4.78 is 0. The molecule has 0 bridgehead atoms. The van der Waals surface area contributed by atoms with Gasteiger partial charge in [-0.05, 0) is 18.1 Å². The van der Waals surface area contributed by atoms with Gasteiger partial charge in [0.05, 0.1) is 5.38 Å². The fraction of sp³-hybridized carbons (Fsp3) is 0.417. The normalized spacial score (nSPS) is 25.6. The van der Waals surface area contributed by atoms with Crippen molar-refractivity contribution in [1.82, 2.24) is 4.90 Å². The number of carbonyl (C=O) groups is 1. The number of hydrogen-bond donors (Lipinski definition) is 0. The molecule has 15 heavy (non-hydrogen) atoms. The Bertz CT molecular complexity index is 342. The van der Waals surface area contributed by atoms with Crippen LogP contribution in [0.1, 0.15) is 17.3 Å². The molecule has 0 aromatic heterocycles. The summed E-state index contributed by atoms with van der Waals surface area (Å²) in [6.45, 7) is 3.51. The van der Waals surface area contributed by atoms with Gasteiger partial charge in [0, 0.05) is 18.7 Å². The Morgan fingerprint density at radius 3 is 2.53 bits per heavy atom. The zero-order valence-corrected chi connectivity index (χ0v) is 9.45. The predicted molar refractivity (Wildman–Crippen MR) is 61.2 cm³/mol. The van der Waals surface area contributed by atoms with E-state index in [2.05, 4.69) is 6.92 Å². The number of carbonyl (C=O) groups excluding carboxylic acids is 1. The highest BCUT2D eigenvalue weighted by Crippen LogP contribution is 2.22. The average molecular weight is 224 g/mol. The molecule has 0 spiro atoms. The minimum absolute atomic E-state index is 0.0885. The summed E-state index contributed by atoms with van der Waals surface area (Å²) in [6.07, 6.45) is 0. The van der Waals surface area contributed by atoms with E-state index in [0.717, 1.165) is 12.1 Å². The van der Waals surface area contributed by atoms with Crippen molar-refractivity contribution in [2.75, 3.05) is 13.1 Å². The molecule has 1 saturated heterocycles. The van der Waals surface area contributed by atoms with Gasteiger partial charge in [0.25, 0.3) is 5.91 Å². The lowest BCUT2D eigenvalue weighted by atomic mass is 10.1. The highest BCUT2D eigenvalue weighted by atomic mass is 35.5. The van der Waals surface area contributed by atoms with E-state index in [9.17, 15) is 4.79 Å². The van der Waals surface area contributed by atoms with Crippen LogP contribution in [0, 0.1) is 5.92 Å². The fourth-order valence-electron chi connectivity index (χ4n) is 1.86. The lowest BCUT2D eigenvalue weighted by molar-refractivity contribution is 0.0788. The van der Waals surface area contributed by atoms with Crippen LogP contribution in [0.5, 0.6) is 0 Å². The van der Waals surface area contributed by atoms with Gasteiger partial charge < -0.3 is 4.90 Å². The van der Waals surface area contributed by atoms with Gasteiger partial charge in [0.15, 0.2) is 0 Å². The second kappa shape index (κ2) is 4.23. The van der Waals surface area contributed by atoms with Gasteiger partial charge in [-0.25, -0.2) is 0 Å². The fourth-order valence-corrected chi connectivity index (χ4v) is 2.10. The van der Waals surface area contributed by atoms with Gasteiger partial charge in [0.2, 0.25) is 0 Å². The minimum atomic E-state index is 0.0885. The third-order valence-corrected chi connectivity index (χ3v) is 3.40. The van der Waals surface area contributed by atoms with Crippen LogP contribution < -0.4 is 0 Å². The Labute approximate surface area is 94.8 Å². The maximum atomic E-state index is 12.0. The molecule has 2 nitrogen and oxygen atoms in total. The van der Waals surface area contributed by atoms with Gasteiger partial charge in [-0.15, -0.1) is 11.6 Å². The maximum absolute atomic E-state index is 12.0. The van der Waals surface area contributed by atoms with Crippen molar-refractivity contribution >= 4 is 17.5 Å². The molecule has 2 atom stereocenters. The predicted octanol–water partition coefficient (Wildman–Crippen LogP) is 2.39. The first kappa shape index (κ1) is 10.5. The molecular weight excluding hydrogens is 210 g/mol. The summed E-state index contributed by atoms with van der Waals surface area (Å²) in [5.41, 5.74) is 0.746. The van der Waals surface area contributed by atoms with Gasteiger partial charge >= 0.3 is 0 Å². The van der Waals surface area contributed by atoms with Crippen LogP contribution >= 0.6 is 11.6 Å². The molecule has 1 aromatic rings. The smallest absolute Gasteiger partial charge is 0.253 e. The van der Waals surface area contributed by atoms with Crippen LogP contribution in [-0.2, 0) is 0 Å². The van der Waals surface area contributed by atoms with Crippen molar-refractivity contribution in [3.63, 3.8) is 0 Å². The molecule has 1 aliphatic heterocycles. The molecule has 1 fully saturated rings. The zero-order valence-electron chi connectivity index (χ0n) is 8.69. The lowest BCUT2D eigenvalue weighted by Gasteiger charge is -2.15. The van der Waals surface area contributed by atoms with E-state index in [-0.39, 0.29) is 11.3 Å². The van der Waals surface area contributed by atoms with E-state index in [1.807, 2.05) is 35.2 Å². The third kappa shape index (κ3) is 2.15. The number of amides is 1. The number of nitrogens with zero attached hydrogens (tertiary/aromatic N) is 1. The van der Waals surface area contributed by atoms with Crippen molar-refractivity contribution in [2.24, 2.45) is 5.92 Å². The first-order valence-corrected chi connectivity index (χ1v) is 5.60. The van der Waals surface area contributed by atoms with Crippen LogP contribution in [0.3, 0.4) is 0 Å². The first-order valence-electron chi connectivity index (χ1n) is 5.17. The summed E-state index contributed by atoms with van der Waals surface area (Å²) in [5, 5.41) is 0.0951. The maximum Gasteiger partial charge on any atom is 0.253 e. The topological polar surface area (TPSA) is 20.3 Å². The van der Waals surface area contributed by atoms with E-state index in [1.165, 1.54) is 0 Å². The quantitative estimate of drug-likeness (QED) is 0.670. The number of likely N-dealkylation sites (tertiary alicyclic amines) is 1. The Hall–Kier alpha value is -1.02. The van der Waals surface area contributed by atoms with Crippen molar-refractivity contribution in [3.05, 3.63) is 35.9 Å². The molecule has 1 amide bonds. The van der Waals surface area contributed by atoms with E-state index < -0.39 is 0 Å². The third-order valence-electron chi connectivity index (χ3n) is 2.83. The molecule has 2 unspecified atom stereocenters. The average Bonchev–Trinajstić information content (AvgIpc) is 2.59. The molecule has 0 radical (unpaired) electrons. The Balaban J connectivity index is 2.10. The first-order chi connectivity index (χ1) is 7.18. The number of halogens is 1. The highest BCUT2D eigenvalue weighted by Gasteiger charge is 2.31. The van der Waals surface area contributed by atoms with Gasteiger partial charge in [-0.2, -0.15) is 0 Å². The largest absolute Gasteiger partial charge is 0.337 e. The summed E-state index contributed by atoms with van der Waals surface area (Å²) in [5.74, 6) is 0.477. The van der Waals surface area contributed by atoms with Crippen molar-refractivity contribution in [1.29, 1.82) is 0 Å². The van der Waals surface area contributed by atoms with Crippen molar-refractivity contribution in [2.45, 2.75) is 12.3 Å². The second-order valence-electron chi connectivity index (χ2n) is 4.07. The molecule has 1 heterocycles. The van der Waals surface area contributed by atoms with Crippen molar-refractivity contribution in [3.8, 4) is 0 Å². The monoisotopic (exact) mass is 223 g/mol. The molecule has 0 saturated carbocycles. The van der Waals surface area contributed by atoms with Gasteiger partial charge in [0.1, 0.15) is 0 Å². The number of benzene rings is 1. The van der Waals surface area contributed by atoms with Crippen LogP contribution in [0.15, 0.2) is 30.3 Å². The Morgan fingerprint density at radius 2 is 2.00 bits per heavy atom.